The van der Waals surface area contributed by atoms with Crippen molar-refractivity contribution in [3.8, 4) is 0 Å². The van der Waals surface area contributed by atoms with Gasteiger partial charge in [0.2, 0.25) is 0 Å². The molecule has 0 spiro atoms. The van der Waals surface area contributed by atoms with Crippen molar-refractivity contribution in [3.63, 3.8) is 0 Å². The Bertz CT molecular complexity index is 256. The van der Waals surface area contributed by atoms with E-state index in [1.165, 1.54) is 6.92 Å². The summed E-state index contributed by atoms with van der Waals surface area (Å²) in [5, 5.41) is -0.346. The summed E-state index contributed by atoms with van der Waals surface area (Å²) >= 11 is 0.586. The van der Waals surface area contributed by atoms with Gasteiger partial charge in [0, 0.05) is 18.6 Å². The molecule has 17 heavy (non-hydrogen) atoms. The highest BCUT2D eigenvalue weighted by Crippen LogP contribution is 2.37. The fourth-order valence-electron chi connectivity index (χ4n) is 0.927. The first-order chi connectivity index (χ1) is 7.60. The lowest BCUT2D eigenvalue weighted by molar-refractivity contribution is -0.179. The van der Waals surface area contributed by atoms with Crippen LogP contribution in [-0.4, -0.2) is 29.1 Å². The fourth-order valence-corrected chi connectivity index (χ4v) is 1.76. The van der Waals surface area contributed by atoms with Gasteiger partial charge in [0.05, 0.1) is 6.42 Å². The topological polar surface area (TPSA) is 17.1 Å². The highest BCUT2D eigenvalue weighted by molar-refractivity contribution is 8.13. The molecule has 0 rings (SSSR count). The third kappa shape index (κ3) is 6.80. The van der Waals surface area contributed by atoms with Gasteiger partial charge in [-0.2, -0.15) is 0 Å². The van der Waals surface area contributed by atoms with Crippen molar-refractivity contribution in [2.24, 2.45) is 0 Å². The molecule has 8 heteroatoms. The zero-order valence-corrected chi connectivity index (χ0v) is 9.81. The summed E-state index contributed by atoms with van der Waals surface area (Å²) in [7, 11) is 0. The van der Waals surface area contributed by atoms with Gasteiger partial charge in [-0.15, -0.1) is 0 Å². The largest absolute Gasteiger partial charge is 0.313 e. The molecule has 1 nitrogen and oxygen atoms in total. The standard InChI is InChI=1S/C9H12F6OS/c1-2-6(16)17-4-3-8(12,13)5-9(14,15)7(10)11/h7H,2-5H2,1H3. The third-order valence-corrected chi connectivity index (χ3v) is 2.85. The third-order valence-electron chi connectivity index (χ3n) is 1.83. The summed E-state index contributed by atoms with van der Waals surface area (Å²) in [5.74, 6) is -8.97. The number of alkyl halides is 6. The molecule has 0 aromatic rings. The molecule has 0 aromatic carbocycles. The van der Waals surface area contributed by atoms with Gasteiger partial charge in [-0.3, -0.25) is 4.79 Å². The molecule has 0 aliphatic carbocycles. The Kier molecular flexibility index (Phi) is 6.36. The van der Waals surface area contributed by atoms with Crippen LogP contribution in [0.5, 0.6) is 0 Å². The SMILES string of the molecule is CCC(=O)SCCC(F)(F)CC(F)(F)C(F)F. The Hall–Kier alpha value is -0.400. The number of rotatable bonds is 7. The normalized spacial score (nSPS) is 13.2. The molecular formula is C9H12F6OS. The molecule has 102 valence electrons. The monoisotopic (exact) mass is 282 g/mol. The van der Waals surface area contributed by atoms with Crippen LogP contribution in [0.3, 0.4) is 0 Å². The molecule has 0 aliphatic heterocycles. The van der Waals surface area contributed by atoms with Crippen molar-refractivity contribution in [1.82, 2.24) is 0 Å². The maximum Gasteiger partial charge on any atom is 0.313 e. The summed E-state index contributed by atoms with van der Waals surface area (Å²) in [6.07, 6.45) is -7.19. The quantitative estimate of drug-likeness (QED) is 0.657. The van der Waals surface area contributed by atoms with E-state index in [1.807, 2.05) is 0 Å². The van der Waals surface area contributed by atoms with Crippen molar-refractivity contribution in [3.05, 3.63) is 0 Å². The maximum atomic E-state index is 12.9. The lowest BCUT2D eigenvalue weighted by Crippen LogP contribution is -2.35. The maximum absolute atomic E-state index is 12.9. The van der Waals surface area contributed by atoms with Gasteiger partial charge >= 0.3 is 12.3 Å². The molecule has 0 saturated heterocycles. The Morgan fingerprint density at radius 1 is 1.24 bits per heavy atom. The van der Waals surface area contributed by atoms with Crippen molar-refractivity contribution >= 4 is 16.9 Å². The lowest BCUT2D eigenvalue weighted by Gasteiger charge is -2.22. The summed E-state index contributed by atoms with van der Waals surface area (Å²) in [6, 6.07) is 0. The Morgan fingerprint density at radius 2 is 1.76 bits per heavy atom. The van der Waals surface area contributed by atoms with Crippen LogP contribution in [0, 0.1) is 0 Å². The zero-order valence-electron chi connectivity index (χ0n) is 8.99. The Morgan fingerprint density at radius 3 is 2.18 bits per heavy atom. The van der Waals surface area contributed by atoms with E-state index < -0.39 is 31.1 Å². The average Bonchev–Trinajstić information content (AvgIpc) is 2.15. The second kappa shape index (κ2) is 6.51. The van der Waals surface area contributed by atoms with E-state index in [0.29, 0.717) is 11.8 Å². The Balaban J connectivity index is 4.16. The molecule has 0 unspecified atom stereocenters. The number of halogens is 6. The smallest absolute Gasteiger partial charge is 0.287 e. The van der Waals surface area contributed by atoms with Crippen LogP contribution in [-0.2, 0) is 4.79 Å². The van der Waals surface area contributed by atoms with E-state index in [-0.39, 0.29) is 17.3 Å². The van der Waals surface area contributed by atoms with Crippen LogP contribution < -0.4 is 0 Å². The number of hydrogen-bond acceptors (Lipinski definition) is 2. The van der Waals surface area contributed by atoms with Gasteiger partial charge in [0.15, 0.2) is 5.12 Å². The second-order valence-corrected chi connectivity index (χ2v) is 4.57. The molecule has 0 N–H and O–H groups in total. The molecule has 0 aromatic heterocycles. The molecular weight excluding hydrogens is 270 g/mol. The summed E-state index contributed by atoms with van der Waals surface area (Å²) in [5.41, 5.74) is 0. The molecule has 0 saturated carbocycles. The molecule has 0 fully saturated rings. The average molecular weight is 282 g/mol. The van der Waals surface area contributed by atoms with Gasteiger partial charge in [0.1, 0.15) is 0 Å². The summed E-state index contributed by atoms with van der Waals surface area (Å²) in [6.45, 7) is 1.53. The van der Waals surface area contributed by atoms with E-state index in [0.717, 1.165) is 0 Å². The number of hydrogen-bond donors (Lipinski definition) is 0. The van der Waals surface area contributed by atoms with Gasteiger partial charge in [-0.25, -0.2) is 26.3 Å². The minimum Gasteiger partial charge on any atom is -0.287 e. The van der Waals surface area contributed by atoms with Crippen molar-refractivity contribution < 1.29 is 31.1 Å². The highest BCUT2D eigenvalue weighted by Gasteiger charge is 2.49. The molecule has 0 bridgehead atoms. The van der Waals surface area contributed by atoms with Crippen LogP contribution in [0.25, 0.3) is 0 Å². The number of carbonyl (C=O) groups is 1. The molecule has 0 aliphatic rings. The summed E-state index contributed by atoms with van der Waals surface area (Å²) in [4.78, 5) is 10.7. The Labute approximate surface area is 98.9 Å². The molecule has 0 amide bonds. The number of thioether (sulfide) groups is 1. The van der Waals surface area contributed by atoms with E-state index in [9.17, 15) is 31.1 Å². The van der Waals surface area contributed by atoms with E-state index in [2.05, 4.69) is 0 Å². The van der Waals surface area contributed by atoms with E-state index in [4.69, 9.17) is 0 Å². The van der Waals surface area contributed by atoms with Crippen LogP contribution in [0.1, 0.15) is 26.2 Å². The van der Waals surface area contributed by atoms with Crippen molar-refractivity contribution in [1.29, 1.82) is 0 Å². The zero-order chi connectivity index (χ0) is 13.7. The van der Waals surface area contributed by atoms with Gasteiger partial charge in [0.25, 0.3) is 5.92 Å². The fraction of sp³-hybridized carbons (Fsp3) is 0.889. The number of carbonyl (C=O) groups excluding carboxylic acids is 1. The van der Waals surface area contributed by atoms with E-state index >= 15 is 0 Å². The van der Waals surface area contributed by atoms with Gasteiger partial charge < -0.3 is 0 Å². The predicted molar refractivity (Wildman–Crippen MR) is 52.9 cm³/mol. The molecule has 0 heterocycles. The minimum absolute atomic E-state index is 0.142. The van der Waals surface area contributed by atoms with Crippen molar-refractivity contribution in [2.75, 3.05) is 5.75 Å². The predicted octanol–water partition coefficient (Wildman–Crippen LogP) is 3.97. The van der Waals surface area contributed by atoms with Crippen LogP contribution in [0.4, 0.5) is 26.3 Å². The van der Waals surface area contributed by atoms with Crippen LogP contribution >= 0.6 is 11.8 Å². The highest BCUT2D eigenvalue weighted by atomic mass is 32.2. The molecule has 0 radical (unpaired) electrons. The first-order valence-electron chi connectivity index (χ1n) is 4.80. The minimum atomic E-state index is -4.71. The second-order valence-electron chi connectivity index (χ2n) is 3.42. The van der Waals surface area contributed by atoms with Crippen LogP contribution in [0.15, 0.2) is 0 Å². The summed E-state index contributed by atoms with van der Waals surface area (Å²) < 4.78 is 74.0. The van der Waals surface area contributed by atoms with Crippen molar-refractivity contribution in [2.45, 2.75) is 44.5 Å². The van der Waals surface area contributed by atoms with Crippen LogP contribution in [0.2, 0.25) is 0 Å². The molecule has 0 atom stereocenters. The first-order valence-corrected chi connectivity index (χ1v) is 5.78. The first kappa shape index (κ1) is 16.6. The van der Waals surface area contributed by atoms with Gasteiger partial charge in [-0.1, -0.05) is 18.7 Å². The van der Waals surface area contributed by atoms with Gasteiger partial charge in [-0.05, 0) is 0 Å². The lowest BCUT2D eigenvalue weighted by atomic mass is 10.1. The van der Waals surface area contributed by atoms with E-state index in [1.54, 1.807) is 0 Å².